The predicted octanol–water partition coefficient (Wildman–Crippen LogP) is 2.63. The minimum atomic E-state index is -0.625. The molecule has 1 unspecified atom stereocenters. The van der Waals surface area contributed by atoms with Gasteiger partial charge in [0.1, 0.15) is 11.7 Å². The minimum Gasteiger partial charge on any atom is -0.454 e. The zero-order chi connectivity index (χ0) is 20.3. The van der Waals surface area contributed by atoms with E-state index in [0.717, 1.165) is 10.9 Å². The average Bonchev–Trinajstić information content (AvgIpc) is 3.30. The molecule has 0 bridgehead atoms. The summed E-state index contributed by atoms with van der Waals surface area (Å²) in [5.41, 5.74) is 4.84. The summed E-state index contributed by atoms with van der Waals surface area (Å²) in [6.45, 7) is 2.92. The summed E-state index contributed by atoms with van der Waals surface area (Å²) in [5.74, 6) is 0.0809. The average molecular weight is 391 g/mol. The van der Waals surface area contributed by atoms with E-state index in [2.05, 4.69) is 5.43 Å². The molecule has 1 aromatic heterocycles. The van der Waals surface area contributed by atoms with E-state index in [1.807, 2.05) is 24.3 Å². The Hall–Kier alpha value is -3.81. The number of rotatable bonds is 1. The van der Waals surface area contributed by atoms with Gasteiger partial charge >= 0.3 is 0 Å². The molecule has 1 atom stereocenters. The number of carbonyl (C=O) groups is 3. The van der Waals surface area contributed by atoms with E-state index in [4.69, 9.17) is 9.47 Å². The molecule has 5 rings (SSSR count). The topological polar surface area (TPSA) is 89.9 Å². The van der Waals surface area contributed by atoms with Gasteiger partial charge in [-0.15, -0.1) is 0 Å². The first kappa shape index (κ1) is 17.3. The molecule has 8 heteroatoms. The number of benzene rings is 2. The van der Waals surface area contributed by atoms with Crippen LogP contribution in [0.15, 0.2) is 42.5 Å². The van der Waals surface area contributed by atoms with Crippen molar-refractivity contribution in [2.75, 3.05) is 6.79 Å². The van der Waals surface area contributed by atoms with E-state index in [-0.39, 0.29) is 24.3 Å². The molecule has 0 spiro atoms. The summed E-state index contributed by atoms with van der Waals surface area (Å²) in [6.07, 6.45) is 0. The van der Waals surface area contributed by atoms with Crippen LogP contribution >= 0.6 is 0 Å². The van der Waals surface area contributed by atoms with Gasteiger partial charge in [0.25, 0.3) is 5.91 Å². The Kier molecular flexibility index (Phi) is 3.64. The number of ether oxygens (including phenoxy) is 2. The fraction of sp³-hybridized carbons (Fsp3) is 0.190. The maximum Gasteiger partial charge on any atom is 0.287 e. The fourth-order valence-corrected chi connectivity index (χ4v) is 4.11. The fourth-order valence-electron chi connectivity index (χ4n) is 4.11. The Labute approximate surface area is 165 Å². The lowest BCUT2D eigenvalue weighted by atomic mass is 9.93. The van der Waals surface area contributed by atoms with Crippen LogP contribution in [0.1, 0.15) is 46.3 Å². The standard InChI is InChI=1S/C21H17N3O5/c1-11(25)23-15-6-4-3-5-14(15)18-19(24(12(2)26)22-21(27)20(18)23)13-7-8-16-17(9-13)29-10-28-16/h3-9,19H,10H2,1-2H3,(H,22,27). The molecule has 146 valence electrons. The highest BCUT2D eigenvalue weighted by molar-refractivity contribution is 6.09. The summed E-state index contributed by atoms with van der Waals surface area (Å²) < 4.78 is 12.3. The number of aromatic nitrogens is 1. The van der Waals surface area contributed by atoms with Crippen molar-refractivity contribution in [2.24, 2.45) is 0 Å². The lowest BCUT2D eigenvalue weighted by molar-refractivity contribution is -0.133. The number of para-hydroxylation sites is 1. The monoisotopic (exact) mass is 391 g/mol. The van der Waals surface area contributed by atoms with Gasteiger partial charge in [0.15, 0.2) is 11.5 Å². The van der Waals surface area contributed by atoms with E-state index in [1.54, 1.807) is 18.2 Å². The molecule has 29 heavy (non-hydrogen) atoms. The second kappa shape index (κ2) is 6.10. The van der Waals surface area contributed by atoms with Crippen molar-refractivity contribution in [3.63, 3.8) is 0 Å². The quantitative estimate of drug-likeness (QED) is 0.689. The lowest BCUT2D eigenvalue weighted by Gasteiger charge is -2.35. The van der Waals surface area contributed by atoms with Crippen LogP contribution in [0.4, 0.5) is 0 Å². The molecule has 0 radical (unpaired) electrons. The van der Waals surface area contributed by atoms with Crippen LogP contribution in [-0.4, -0.2) is 34.1 Å². The zero-order valence-electron chi connectivity index (χ0n) is 15.8. The van der Waals surface area contributed by atoms with Crippen LogP contribution in [0.5, 0.6) is 11.5 Å². The van der Waals surface area contributed by atoms with Crippen molar-refractivity contribution in [3.8, 4) is 11.5 Å². The zero-order valence-corrected chi connectivity index (χ0v) is 15.8. The maximum absolute atomic E-state index is 12.9. The van der Waals surface area contributed by atoms with Gasteiger partial charge < -0.3 is 9.47 Å². The van der Waals surface area contributed by atoms with Gasteiger partial charge in [-0.05, 0) is 23.8 Å². The second-order valence-electron chi connectivity index (χ2n) is 6.98. The number of hydrogen-bond donors (Lipinski definition) is 1. The highest BCUT2D eigenvalue weighted by Crippen LogP contribution is 2.43. The maximum atomic E-state index is 12.9. The Bertz CT molecular complexity index is 1210. The van der Waals surface area contributed by atoms with Crippen LogP contribution in [0.2, 0.25) is 0 Å². The summed E-state index contributed by atoms with van der Waals surface area (Å²) in [5, 5.41) is 2.03. The Balaban J connectivity index is 1.84. The van der Waals surface area contributed by atoms with Crippen LogP contribution in [0.3, 0.4) is 0 Å². The summed E-state index contributed by atoms with van der Waals surface area (Å²) >= 11 is 0. The highest BCUT2D eigenvalue weighted by atomic mass is 16.7. The number of hydrogen-bond acceptors (Lipinski definition) is 5. The van der Waals surface area contributed by atoms with Crippen molar-refractivity contribution < 1.29 is 23.9 Å². The summed E-state index contributed by atoms with van der Waals surface area (Å²) in [6, 6.07) is 12.1. The second-order valence-corrected chi connectivity index (χ2v) is 6.98. The van der Waals surface area contributed by atoms with Gasteiger partial charge in [-0.25, -0.2) is 5.01 Å². The Morgan fingerprint density at radius 1 is 1.03 bits per heavy atom. The summed E-state index contributed by atoms with van der Waals surface area (Å²) in [4.78, 5) is 37.8. The van der Waals surface area contributed by atoms with Crippen molar-refractivity contribution >= 4 is 28.6 Å². The smallest absolute Gasteiger partial charge is 0.287 e. The number of nitrogens with one attached hydrogen (secondary N) is 1. The van der Waals surface area contributed by atoms with Crippen molar-refractivity contribution in [3.05, 3.63) is 59.3 Å². The molecule has 0 aliphatic carbocycles. The molecular weight excluding hydrogens is 374 g/mol. The molecule has 2 aromatic carbocycles. The van der Waals surface area contributed by atoms with E-state index >= 15 is 0 Å². The van der Waals surface area contributed by atoms with Crippen LogP contribution in [0.25, 0.3) is 10.9 Å². The van der Waals surface area contributed by atoms with Gasteiger partial charge in [0.2, 0.25) is 18.6 Å². The van der Waals surface area contributed by atoms with E-state index < -0.39 is 11.9 Å². The van der Waals surface area contributed by atoms with Gasteiger partial charge in [-0.1, -0.05) is 24.3 Å². The minimum absolute atomic E-state index is 0.130. The van der Waals surface area contributed by atoms with Crippen molar-refractivity contribution in [1.29, 1.82) is 0 Å². The molecule has 2 amide bonds. The highest BCUT2D eigenvalue weighted by Gasteiger charge is 2.40. The molecular formula is C21H17N3O5. The van der Waals surface area contributed by atoms with Gasteiger partial charge in [0, 0.05) is 24.8 Å². The lowest BCUT2D eigenvalue weighted by Crippen LogP contribution is -2.52. The first-order valence-corrected chi connectivity index (χ1v) is 9.12. The largest absolute Gasteiger partial charge is 0.454 e. The molecule has 1 N–H and O–H groups in total. The summed E-state index contributed by atoms with van der Waals surface area (Å²) in [7, 11) is 0. The third-order valence-electron chi connectivity index (χ3n) is 5.25. The van der Waals surface area contributed by atoms with E-state index in [0.29, 0.717) is 22.6 Å². The van der Waals surface area contributed by atoms with E-state index in [1.165, 1.54) is 23.4 Å². The molecule has 3 aromatic rings. The van der Waals surface area contributed by atoms with Gasteiger partial charge in [-0.3, -0.25) is 24.4 Å². The third kappa shape index (κ3) is 2.42. The number of nitrogens with zero attached hydrogens (tertiary/aromatic N) is 2. The van der Waals surface area contributed by atoms with Crippen molar-refractivity contribution in [2.45, 2.75) is 19.9 Å². The predicted molar refractivity (Wildman–Crippen MR) is 103 cm³/mol. The van der Waals surface area contributed by atoms with Crippen LogP contribution in [-0.2, 0) is 4.79 Å². The van der Waals surface area contributed by atoms with E-state index in [9.17, 15) is 14.4 Å². The van der Waals surface area contributed by atoms with Crippen LogP contribution < -0.4 is 14.9 Å². The molecule has 2 aliphatic rings. The third-order valence-corrected chi connectivity index (χ3v) is 5.25. The number of amides is 2. The molecule has 0 saturated heterocycles. The number of hydrazine groups is 1. The van der Waals surface area contributed by atoms with Crippen LogP contribution in [0, 0.1) is 0 Å². The van der Waals surface area contributed by atoms with Gasteiger partial charge in [-0.2, -0.15) is 0 Å². The normalized spacial score (nSPS) is 17.2. The Morgan fingerprint density at radius 2 is 1.79 bits per heavy atom. The molecule has 0 saturated carbocycles. The molecule has 8 nitrogen and oxygen atoms in total. The molecule has 3 heterocycles. The number of carbonyl (C=O) groups excluding carboxylic acids is 3. The van der Waals surface area contributed by atoms with Crippen molar-refractivity contribution in [1.82, 2.24) is 15.0 Å². The van der Waals surface area contributed by atoms with Gasteiger partial charge in [0.05, 0.1) is 5.52 Å². The molecule has 0 fully saturated rings. The first-order chi connectivity index (χ1) is 14.0. The first-order valence-electron chi connectivity index (χ1n) is 9.12. The Morgan fingerprint density at radius 3 is 2.55 bits per heavy atom. The SMILES string of the molecule is CC(=O)N1NC(=O)c2c(c3ccccc3n2C(C)=O)C1c1ccc2c(c1)OCO2. The molecule has 2 aliphatic heterocycles. The number of fused-ring (bicyclic) bond motifs is 4.